The first kappa shape index (κ1) is 9.49. The number of carbonyl (C=O) groups excluding carboxylic acids is 1. The second-order valence-corrected chi connectivity index (χ2v) is 3.11. The Kier molecular flexibility index (Phi) is 3.50. The predicted molar refractivity (Wildman–Crippen MR) is 43.2 cm³/mol. The van der Waals surface area contributed by atoms with E-state index in [9.17, 15) is 9.18 Å². The summed E-state index contributed by atoms with van der Waals surface area (Å²) >= 11 is 0. The van der Waals surface area contributed by atoms with Crippen molar-refractivity contribution >= 4 is 5.97 Å². The van der Waals surface area contributed by atoms with Crippen molar-refractivity contribution in [2.45, 2.75) is 44.9 Å². The number of ether oxygens (including phenoxy) is 1. The van der Waals surface area contributed by atoms with E-state index in [0.29, 0.717) is 12.8 Å². The molecule has 0 aliphatic heterocycles. The molecule has 2 atom stereocenters. The van der Waals surface area contributed by atoms with Crippen molar-refractivity contribution in [3.05, 3.63) is 6.42 Å². The van der Waals surface area contributed by atoms with Crippen LogP contribution in [0.5, 0.6) is 0 Å². The van der Waals surface area contributed by atoms with Crippen LogP contribution in [-0.4, -0.2) is 18.2 Å². The maximum absolute atomic E-state index is 12.8. The number of hydrogen-bond donors (Lipinski definition) is 0. The highest BCUT2D eigenvalue weighted by atomic mass is 19.1. The van der Waals surface area contributed by atoms with Crippen LogP contribution in [0.1, 0.15) is 32.6 Å². The molecule has 0 aromatic heterocycles. The van der Waals surface area contributed by atoms with E-state index in [4.69, 9.17) is 4.74 Å². The summed E-state index contributed by atoms with van der Waals surface area (Å²) < 4.78 is 17.8. The molecule has 0 N–H and O–H groups in total. The first-order chi connectivity index (χ1) is 5.72. The van der Waals surface area contributed by atoms with Gasteiger partial charge in [0.05, 0.1) is 6.42 Å². The Morgan fingerprint density at radius 3 is 2.92 bits per heavy atom. The first-order valence-electron chi connectivity index (χ1n) is 4.36. The number of hydrogen-bond acceptors (Lipinski definition) is 2. The van der Waals surface area contributed by atoms with E-state index >= 15 is 0 Å². The smallest absolute Gasteiger partial charge is 0.309 e. The van der Waals surface area contributed by atoms with Crippen LogP contribution in [0.2, 0.25) is 0 Å². The van der Waals surface area contributed by atoms with Gasteiger partial charge in [-0.05, 0) is 19.3 Å². The molecular formula is C9H14FO2. The zero-order chi connectivity index (χ0) is 8.97. The van der Waals surface area contributed by atoms with Crippen molar-refractivity contribution < 1.29 is 13.9 Å². The quantitative estimate of drug-likeness (QED) is 0.597. The summed E-state index contributed by atoms with van der Waals surface area (Å²) in [6, 6.07) is 0. The predicted octanol–water partition coefficient (Wildman–Crippen LogP) is 2.03. The van der Waals surface area contributed by atoms with Gasteiger partial charge in [-0.2, -0.15) is 0 Å². The molecule has 3 heteroatoms. The van der Waals surface area contributed by atoms with E-state index in [1.54, 1.807) is 6.92 Å². The second-order valence-electron chi connectivity index (χ2n) is 3.11. The molecule has 0 aromatic rings. The third kappa shape index (κ3) is 2.80. The Morgan fingerprint density at radius 1 is 1.58 bits per heavy atom. The molecule has 1 saturated carbocycles. The zero-order valence-corrected chi connectivity index (χ0v) is 7.25. The molecule has 69 valence electrons. The summed E-state index contributed by atoms with van der Waals surface area (Å²) in [6.07, 6.45) is 3.00. The van der Waals surface area contributed by atoms with Crippen LogP contribution in [-0.2, 0) is 9.53 Å². The topological polar surface area (TPSA) is 26.3 Å². The molecule has 12 heavy (non-hydrogen) atoms. The maximum Gasteiger partial charge on any atom is 0.309 e. The van der Waals surface area contributed by atoms with Crippen molar-refractivity contribution in [1.29, 1.82) is 0 Å². The SMILES string of the molecule is C[CH]C(=O)OC1CCCC(F)C1. The van der Waals surface area contributed by atoms with Gasteiger partial charge in [0.25, 0.3) is 0 Å². The summed E-state index contributed by atoms with van der Waals surface area (Å²) in [5.74, 6) is -0.339. The lowest BCUT2D eigenvalue weighted by molar-refractivity contribution is -0.147. The fourth-order valence-corrected chi connectivity index (χ4v) is 1.43. The van der Waals surface area contributed by atoms with Gasteiger partial charge in [-0.15, -0.1) is 0 Å². The highest BCUT2D eigenvalue weighted by molar-refractivity contribution is 5.78. The molecule has 0 bridgehead atoms. The van der Waals surface area contributed by atoms with Crippen molar-refractivity contribution in [2.24, 2.45) is 0 Å². The van der Waals surface area contributed by atoms with Crippen molar-refractivity contribution in [3.8, 4) is 0 Å². The molecule has 2 nitrogen and oxygen atoms in total. The Hall–Kier alpha value is -0.600. The summed E-state index contributed by atoms with van der Waals surface area (Å²) in [4.78, 5) is 10.8. The van der Waals surface area contributed by atoms with Gasteiger partial charge in [0.15, 0.2) is 0 Å². The number of esters is 1. The Morgan fingerprint density at radius 2 is 2.33 bits per heavy atom. The van der Waals surface area contributed by atoms with Gasteiger partial charge in [-0.1, -0.05) is 6.92 Å². The largest absolute Gasteiger partial charge is 0.462 e. The summed E-state index contributed by atoms with van der Waals surface area (Å²) in [7, 11) is 0. The zero-order valence-electron chi connectivity index (χ0n) is 7.25. The van der Waals surface area contributed by atoms with Gasteiger partial charge in [0, 0.05) is 6.42 Å². The molecule has 0 heterocycles. The molecule has 1 aliphatic carbocycles. The molecule has 0 saturated heterocycles. The normalized spacial score (nSPS) is 29.8. The molecule has 2 unspecified atom stereocenters. The van der Waals surface area contributed by atoms with Gasteiger partial charge in [0.1, 0.15) is 12.3 Å². The molecular weight excluding hydrogens is 159 g/mol. The number of carbonyl (C=O) groups is 1. The summed E-state index contributed by atoms with van der Waals surface area (Å²) in [5, 5.41) is 0. The van der Waals surface area contributed by atoms with E-state index in [1.807, 2.05) is 0 Å². The molecule has 0 aromatic carbocycles. The van der Waals surface area contributed by atoms with E-state index in [1.165, 1.54) is 6.42 Å². The average Bonchev–Trinajstić information content (AvgIpc) is 2.04. The first-order valence-corrected chi connectivity index (χ1v) is 4.36. The third-order valence-corrected chi connectivity index (χ3v) is 2.08. The van der Waals surface area contributed by atoms with Crippen LogP contribution in [0, 0.1) is 6.42 Å². The lowest BCUT2D eigenvalue weighted by Crippen LogP contribution is -2.26. The minimum Gasteiger partial charge on any atom is -0.462 e. The fourth-order valence-electron chi connectivity index (χ4n) is 1.43. The van der Waals surface area contributed by atoms with Crippen molar-refractivity contribution in [3.63, 3.8) is 0 Å². The number of rotatable bonds is 2. The Bertz CT molecular complexity index is 159. The lowest BCUT2D eigenvalue weighted by Gasteiger charge is -2.24. The number of alkyl halides is 1. The van der Waals surface area contributed by atoms with Gasteiger partial charge >= 0.3 is 5.97 Å². The minimum absolute atomic E-state index is 0.197. The van der Waals surface area contributed by atoms with E-state index in [0.717, 1.165) is 12.8 Å². The maximum atomic E-state index is 12.8. The molecule has 1 radical (unpaired) electrons. The van der Waals surface area contributed by atoms with E-state index in [-0.39, 0.29) is 12.1 Å². The van der Waals surface area contributed by atoms with E-state index < -0.39 is 6.17 Å². The average molecular weight is 173 g/mol. The van der Waals surface area contributed by atoms with Gasteiger partial charge in [-0.25, -0.2) is 4.39 Å². The lowest BCUT2D eigenvalue weighted by atomic mass is 9.96. The molecule has 1 fully saturated rings. The van der Waals surface area contributed by atoms with Crippen molar-refractivity contribution in [2.75, 3.05) is 0 Å². The van der Waals surface area contributed by atoms with Crippen LogP contribution in [0.15, 0.2) is 0 Å². The molecule has 1 rings (SSSR count). The van der Waals surface area contributed by atoms with Crippen LogP contribution in [0.4, 0.5) is 4.39 Å². The van der Waals surface area contributed by atoms with Crippen LogP contribution in [0.3, 0.4) is 0 Å². The Balaban J connectivity index is 2.27. The molecule has 0 amide bonds. The monoisotopic (exact) mass is 173 g/mol. The number of halogens is 1. The van der Waals surface area contributed by atoms with Gasteiger partial charge < -0.3 is 4.74 Å². The van der Waals surface area contributed by atoms with Crippen LogP contribution >= 0.6 is 0 Å². The van der Waals surface area contributed by atoms with Crippen molar-refractivity contribution in [1.82, 2.24) is 0 Å². The summed E-state index contributed by atoms with van der Waals surface area (Å²) in [6.45, 7) is 1.62. The van der Waals surface area contributed by atoms with Gasteiger partial charge in [-0.3, -0.25) is 4.79 Å². The second kappa shape index (κ2) is 4.43. The standard InChI is InChI=1S/C9H14FO2/c1-2-9(11)12-8-5-3-4-7(10)6-8/h2,7-8H,3-6H2,1H3. The molecule has 0 spiro atoms. The Labute approximate surface area is 72.1 Å². The summed E-state index contributed by atoms with van der Waals surface area (Å²) in [5.41, 5.74) is 0. The fraction of sp³-hybridized carbons (Fsp3) is 0.778. The highest BCUT2D eigenvalue weighted by Crippen LogP contribution is 2.23. The van der Waals surface area contributed by atoms with Crippen LogP contribution < -0.4 is 0 Å². The minimum atomic E-state index is -0.784. The van der Waals surface area contributed by atoms with Gasteiger partial charge in [0.2, 0.25) is 0 Å². The highest BCUT2D eigenvalue weighted by Gasteiger charge is 2.23. The van der Waals surface area contributed by atoms with Crippen LogP contribution in [0.25, 0.3) is 0 Å². The molecule has 1 aliphatic rings. The third-order valence-electron chi connectivity index (χ3n) is 2.08. The van der Waals surface area contributed by atoms with E-state index in [2.05, 4.69) is 0 Å².